The summed E-state index contributed by atoms with van der Waals surface area (Å²) in [7, 11) is 1.72. The Morgan fingerprint density at radius 2 is 2.20 bits per heavy atom. The molecular weight excluding hydrogens is 322 g/mol. The summed E-state index contributed by atoms with van der Waals surface area (Å²) in [6.07, 6.45) is 7.95. The summed E-state index contributed by atoms with van der Waals surface area (Å²) in [5.74, 6) is 0.354. The maximum absolute atomic E-state index is 12.3. The number of hydrogen-bond donors (Lipinski definition) is 1. The fourth-order valence-electron chi connectivity index (χ4n) is 3.32. The number of amides is 1. The van der Waals surface area contributed by atoms with Crippen LogP contribution in [0.1, 0.15) is 32.6 Å². The lowest BCUT2D eigenvalue weighted by molar-refractivity contribution is -0.122. The third-order valence-electron chi connectivity index (χ3n) is 4.82. The molecule has 0 bridgehead atoms. The van der Waals surface area contributed by atoms with Gasteiger partial charge in [-0.3, -0.25) is 18.8 Å². The molecule has 1 aliphatic carbocycles. The van der Waals surface area contributed by atoms with E-state index in [1.54, 1.807) is 7.05 Å². The quantitative estimate of drug-likeness (QED) is 0.782. The van der Waals surface area contributed by atoms with Gasteiger partial charge in [0.1, 0.15) is 18.3 Å². The van der Waals surface area contributed by atoms with Crippen molar-refractivity contribution in [1.29, 1.82) is 0 Å². The molecule has 0 spiro atoms. The molecule has 136 valence electrons. The smallest absolute Gasteiger partial charge is 0.264 e. The SMILES string of the molecule is C[C@@H]1CCCC[C@@H]1OCCNC(=O)Cn1cnc2c(cnn2C)c1=O. The van der Waals surface area contributed by atoms with Gasteiger partial charge in [-0.2, -0.15) is 5.10 Å². The Labute approximate surface area is 146 Å². The zero-order valence-electron chi connectivity index (χ0n) is 14.8. The van der Waals surface area contributed by atoms with E-state index in [1.165, 1.54) is 41.0 Å². The second kappa shape index (κ2) is 7.77. The predicted molar refractivity (Wildman–Crippen MR) is 93.2 cm³/mol. The minimum atomic E-state index is -0.263. The van der Waals surface area contributed by atoms with Crippen LogP contribution in [-0.2, 0) is 23.1 Å². The topological polar surface area (TPSA) is 91.0 Å². The number of hydrogen-bond acceptors (Lipinski definition) is 5. The second-order valence-corrected chi connectivity index (χ2v) is 6.70. The first kappa shape index (κ1) is 17.6. The van der Waals surface area contributed by atoms with Crippen molar-refractivity contribution in [3.63, 3.8) is 0 Å². The largest absolute Gasteiger partial charge is 0.376 e. The molecule has 1 N–H and O–H groups in total. The highest BCUT2D eigenvalue weighted by Gasteiger charge is 2.21. The number of nitrogens with one attached hydrogen (secondary N) is 1. The summed E-state index contributed by atoms with van der Waals surface area (Å²) >= 11 is 0. The van der Waals surface area contributed by atoms with Crippen LogP contribution in [0.2, 0.25) is 0 Å². The summed E-state index contributed by atoms with van der Waals surface area (Å²) in [4.78, 5) is 28.5. The summed E-state index contributed by atoms with van der Waals surface area (Å²) in [5, 5.41) is 7.22. The lowest BCUT2D eigenvalue weighted by atomic mass is 9.88. The molecule has 0 saturated heterocycles. The van der Waals surface area contributed by atoms with Crippen molar-refractivity contribution in [2.75, 3.05) is 13.2 Å². The number of ether oxygens (including phenoxy) is 1. The van der Waals surface area contributed by atoms with Crippen LogP contribution in [0.25, 0.3) is 11.0 Å². The lowest BCUT2D eigenvalue weighted by Gasteiger charge is -2.28. The van der Waals surface area contributed by atoms with Gasteiger partial charge in [-0.1, -0.05) is 19.8 Å². The number of fused-ring (bicyclic) bond motifs is 1. The van der Waals surface area contributed by atoms with Crippen molar-refractivity contribution in [2.45, 2.75) is 45.3 Å². The normalized spacial score (nSPS) is 20.7. The summed E-state index contributed by atoms with van der Waals surface area (Å²) in [5.41, 5.74) is 0.247. The van der Waals surface area contributed by atoms with Crippen molar-refractivity contribution in [1.82, 2.24) is 24.6 Å². The van der Waals surface area contributed by atoms with Gasteiger partial charge in [0, 0.05) is 13.6 Å². The van der Waals surface area contributed by atoms with Crippen LogP contribution in [-0.4, -0.2) is 44.5 Å². The van der Waals surface area contributed by atoms with E-state index in [9.17, 15) is 9.59 Å². The highest BCUT2D eigenvalue weighted by molar-refractivity contribution is 5.77. The first-order valence-electron chi connectivity index (χ1n) is 8.81. The molecule has 1 fully saturated rings. The molecular formula is C17H25N5O3. The van der Waals surface area contributed by atoms with Crippen LogP contribution >= 0.6 is 0 Å². The van der Waals surface area contributed by atoms with Crippen LogP contribution in [0.3, 0.4) is 0 Å². The van der Waals surface area contributed by atoms with Crippen LogP contribution < -0.4 is 10.9 Å². The highest BCUT2D eigenvalue weighted by atomic mass is 16.5. The Morgan fingerprint density at radius 3 is 3.00 bits per heavy atom. The number of carbonyl (C=O) groups excluding carboxylic acids is 1. The number of carbonyl (C=O) groups is 1. The molecule has 1 amide bonds. The van der Waals surface area contributed by atoms with Crippen LogP contribution in [0, 0.1) is 5.92 Å². The molecule has 2 aromatic heterocycles. The van der Waals surface area contributed by atoms with Gasteiger partial charge < -0.3 is 10.1 Å². The summed E-state index contributed by atoms with van der Waals surface area (Å²) in [6.45, 7) is 3.10. The van der Waals surface area contributed by atoms with Crippen molar-refractivity contribution in [3.8, 4) is 0 Å². The Bertz CT molecular complexity index is 797. The molecule has 2 heterocycles. The monoisotopic (exact) mass is 347 g/mol. The zero-order chi connectivity index (χ0) is 17.8. The van der Waals surface area contributed by atoms with Gasteiger partial charge in [0.2, 0.25) is 5.91 Å². The Balaban J connectivity index is 1.48. The van der Waals surface area contributed by atoms with Crippen molar-refractivity contribution in [2.24, 2.45) is 13.0 Å². The number of nitrogens with zero attached hydrogens (tertiary/aromatic N) is 4. The Kier molecular flexibility index (Phi) is 5.47. The third-order valence-corrected chi connectivity index (χ3v) is 4.82. The van der Waals surface area contributed by atoms with E-state index in [0.717, 1.165) is 6.42 Å². The summed E-state index contributed by atoms with van der Waals surface area (Å²) in [6, 6.07) is 0. The molecule has 8 heteroatoms. The van der Waals surface area contributed by atoms with Crippen molar-refractivity contribution >= 4 is 16.9 Å². The standard InChI is InChI=1S/C17H25N5O3/c1-12-5-3-4-6-14(12)25-8-7-18-15(23)10-22-11-19-16-13(17(22)24)9-20-21(16)2/h9,11-12,14H,3-8,10H2,1-2H3,(H,18,23)/t12-,14+/m1/s1. The van der Waals surface area contributed by atoms with E-state index < -0.39 is 0 Å². The van der Waals surface area contributed by atoms with Crippen LogP contribution in [0.4, 0.5) is 0 Å². The Morgan fingerprint density at radius 1 is 1.40 bits per heavy atom. The second-order valence-electron chi connectivity index (χ2n) is 6.70. The van der Waals surface area contributed by atoms with Gasteiger partial charge >= 0.3 is 0 Å². The molecule has 0 unspecified atom stereocenters. The first-order chi connectivity index (χ1) is 12.1. The van der Waals surface area contributed by atoms with Crippen molar-refractivity contribution < 1.29 is 9.53 Å². The third kappa shape index (κ3) is 4.07. The zero-order valence-corrected chi connectivity index (χ0v) is 14.8. The van der Waals surface area contributed by atoms with E-state index in [2.05, 4.69) is 22.3 Å². The van der Waals surface area contributed by atoms with E-state index in [1.807, 2.05) is 0 Å². The molecule has 3 rings (SSSR count). The fraction of sp³-hybridized carbons (Fsp3) is 0.647. The van der Waals surface area contributed by atoms with E-state index >= 15 is 0 Å². The summed E-state index contributed by atoms with van der Waals surface area (Å²) < 4.78 is 8.70. The van der Waals surface area contributed by atoms with Gasteiger partial charge in [-0.25, -0.2) is 4.98 Å². The number of rotatable bonds is 6. The van der Waals surface area contributed by atoms with Crippen LogP contribution in [0.5, 0.6) is 0 Å². The van der Waals surface area contributed by atoms with Gasteiger partial charge in [0.15, 0.2) is 5.65 Å². The first-order valence-corrected chi connectivity index (χ1v) is 8.81. The fourth-order valence-corrected chi connectivity index (χ4v) is 3.32. The molecule has 8 nitrogen and oxygen atoms in total. The average Bonchev–Trinajstić information content (AvgIpc) is 2.97. The van der Waals surface area contributed by atoms with Gasteiger partial charge in [0.25, 0.3) is 5.56 Å². The molecule has 2 aromatic rings. The van der Waals surface area contributed by atoms with E-state index in [0.29, 0.717) is 36.2 Å². The molecule has 1 aliphatic rings. The van der Waals surface area contributed by atoms with Crippen LogP contribution in [0.15, 0.2) is 17.3 Å². The maximum Gasteiger partial charge on any atom is 0.264 e. The Hall–Kier alpha value is -2.22. The predicted octanol–water partition coefficient (Wildman–Crippen LogP) is 0.841. The molecule has 25 heavy (non-hydrogen) atoms. The minimum Gasteiger partial charge on any atom is -0.376 e. The maximum atomic E-state index is 12.3. The van der Waals surface area contributed by atoms with Gasteiger partial charge in [0.05, 0.1) is 18.9 Å². The van der Waals surface area contributed by atoms with Crippen molar-refractivity contribution in [3.05, 3.63) is 22.9 Å². The van der Waals surface area contributed by atoms with E-state index in [-0.39, 0.29) is 18.0 Å². The molecule has 2 atom stereocenters. The highest BCUT2D eigenvalue weighted by Crippen LogP contribution is 2.25. The molecule has 0 radical (unpaired) electrons. The lowest BCUT2D eigenvalue weighted by Crippen LogP contribution is -2.35. The number of aryl methyl sites for hydroxylation is 1. The average molecular weight is 347 g/mol. The number of aromatic nitrogens is 4. The van der Waals surface area contributed by atoms with E-state index in [4.69, 9.17) is 4.74 Å². The van der Waals surface area contributed by atoms with Gasteiger partial charge in [-0.05, 0) is 18.8 Å². The molecule has 0 aliphatic heterocycles. The molecule has 1 saturated carbocycles. The molecule has 0 aromatic carbocycles. The minimum absolute atomic E-state index is 0.0590. The van der Waals surface area contributed by atoms with Gasteiger partial charge in [-0.15, -0.1) is 0 Å².